The Morgan fingerprint density at radius 1 is 0.943 bits per heavy atom. The summed E-state index contributed by atoms with van der Waals surface area (Å²) < 4.78 is 2.07. The molecule has 0 aromatic carbocycles. The Labute approximate surface area is 207 Å². The molecule has 9 nitrogen and oxygen atoms in total. The molecule has 0 bridgehead atoms. The minimum Gasteiger partial charge on any atom is -0.355 e. The Kier molecular flexibility index (Phi) is 6.33. The summed E-state index contributed by atoms with van der Waals surface area (Å²) in [7, 11) is 0. The molecule has 5 heterocycles. The highest BCUT2D eigenvalue weighted by atomic mass is 15.3. The fraction of sp³-hybridized carbons (Fsp3) is 0.577. The van der Waals surface area contributed by atoms with Gasteiger partial charge in [-0.3, -0.25) is 4.98 Å². The van der Waals surface area contributed by atoms with E-state index in [1.165, 1.54) is 45.1 Å². The Bertz CT molecular complexity index is 1120. The minimum absolute atomic E-state index is 0.0295. The summed E-state index contributed by atoms with van der Waals surface area (Å²) >= 11 is 0. The molecule has 1 N–H and O–H groups in total. The van der Waals surface area contributed by atoms with E-state index in [1.807, 2.05) is 18.7 Å². The molecular formula is C26H35N9. The molecule has 3 aromatic rings. The van der Waals surface area contributed by atoms with Crippen molar-refractivity contribution in [3.63, 3.8) is 0 Å². The van der Waals surface area contributed by atoms with Crippen molar-refractivity contribution in [2.45, 2.75) is 57.5 Å². The second kappa shape index (κ2) is 9.89. The number of anilines is 2. The second-order valence-corrected chi connectivity index (χ2v) is 10.3. The average molecular weight is 474 g/mol. The number of piperidine rings is 1. The van der Waals surface area contributed by atoms with E-state index in [0.717, 1.165) is 60.8 Å². The first-order chi connectivity index (χ1) is 17.2. The molecule has 3 fully saturated rings. The van der Waals surface area contributed by atoms with E-state index in [4.69, 9.17) is 4.98 Å². The van der Waals surface area contributed by atoms with Gasteiger partial charge in [-0.05, 0) is 70.0 Å². The van der Waals surface area contributed by atoms with E-state index in [9.17, 15) is 0 Å². The van der Waals surface area contributed by atoms with Crippen LogP contribution < -0.4 is 15.1 Å². The summed E-state index contributed by atoms with van der Waals surface area (Å²) in [6, 6.07) is 4.80. The summed E-state index contributed by atoms with van der Waals surface area (Å²) in [6.07, 6.45) is 15.2. The highest BCUT2D eigenvalue weighted by Crippen LogP contribution is 2.28. The number of aromatic nitrogens is 6. The van der Waals surface area contributed by atoms with Crippen molar-refractivity contribution in [1.29, 1.82) is 0 Å². The molecular weight excluding hydrogens is 438 g/mol. The number of rotatable bonds is 8. The van der Waals surface area contributed by atoms with Crippen molar-refractivity contribution in [2.24, 2.45) is 5.92 Å². The van der Waals surface area contributed by atoms with Gasteiger partial charge in [0.05, 0.1) is 30.5 Å². The van der Waals surface area contributed by atoms with Crippen molar-refractivity contribution in [1.82, 2.24) is 35.0 Å². The molecule has 3 aliphatic rings. The molecule has 1 saturated carbocycles. The van der Waals surface area contributed by atoms with Gasteiger partial charge in [-0.1, -0.05) is 0 Å². The van der Waals surface area contributed by atoms with Crippen LogP contribution in [-0.4, -0.2) is 68.5 Å². The maximum Gasteiger partial charge on any atom is 0.151 e. The highest BCUT2D eigenvalue weighted by molar-refractivity contribution is 5.55. The van der Waals surface area contributed by atoms with Gasteiger partial charge in [-0.15, -0.1) is 5.10 Å². The van der Waals surface area contributed by atoms with Crippen LogP contribution >= 0.6 is 0 Å². The van der Waals surface area contributed by atoms with E-state index in [0.29, 0.717) is 6.04 Å². The summed E-state index contributed by atoms with van der Waals surface area (Å²) in [5.41, 5.74) is 2.56. The Balaban J connectivity index is 1.11. The normalized spacial score (nSPS) is 21.5. The molecule has 9 heteroatoms. The Hall–Kier alpha value is -3.07. The van der Waals surface area contributed by atoms with Crippen LogP contribution in [0, 0.1) is 5.92 Å². The van der Waals surface area contributed by atoms with Gasteiger partial charge in [0.15, 0.2) is 5.82 Å². The zero-order valence-electron chi connectivity index (χ0n) is 20.6. The monoisotopic (exact) mass is 473 g/mol. The van der Waals surface area contributed by atoms with E-state index in [2.05, 4.69) is 58.9 Å². The van der Waals surface area contributed by atoms with Crippen molar-refractivity contribution in [3.05, 3.63) is 42.7 Å². The van der Waals surface area contributed by atoms with Crippen LogP contribution in [0.3, 0.4) is 0 Å². The standard InChI is InChI=1S/C26H35N9/c1-19(35-17-24(29-18-35)23-14-27-15-26(30-23)33-10-2-3-11-33)22-8-9-25(32-31-22)34-12-4-5-21(16-34)28-13-20-6-7-20/h8-9,14-15,17-21,28H,2-7,10-13,16H2,1H3. The highest BCUT2D eigenvalue weighted by Gasteiger charge is 2.25. The van der Waals surface area contributed by atoms with Gasteiger partial charge in [0.25, 0.3) is 0 Å². The zero-order valence-corrected chi connectivity index (χ0v) is 20.6. The van der Waals surface area contributed by atoms with Gasteiger partial charge in [0.1, 0.15) is 17.2 Å². The van der Waals surface area contributed by atoms with Crippen LogP contribution in [0.5, 0.6) is 0 Å². The van der Waals surface area contributed by atoms with E-state index in [1.54, 1.807) is 6.20 Å². The van der Waals surface area contributed by atoms with Crippen LogP contribution in [-0.2, 0) is 0 Å². The molecule has 35 heavy (non-hydrogen) atoms. The number of nitrogens with one attached hydrogen (secondary N) is 1. The first kappa shape index (κ1) is 22.4. The lowest BCUT2D eigenvalue weighted by molar-refractivity contribution is 0.414. The number of imidazole rings is 1. The van der Waals surface area contributed by atoms with E-state index < -0.39 is 0 Å². The molecule has 0 radical (unpaired) electrons. The lowest BCUT2D eigenvalue weighted by Gasteiger charge is -2.34. The predicted octanol–water partition coefficient (Wildman–Crippen LogP) is 3.31. The van der Waals surface area contributed by atoms with Gasteiger partial charge in [-0.2, -0.15) is 5.10 Å². The van der Waals surface area contributed by atoms with Crippen molar-refractivity contribution < 1.29 is 0 Å². The van der Waals surface area contributed by atoms with Gasteiger partial charge in [0, 0.05) is 38.4 Å². The number of nitrogens with zero attached hydrogens (tertiary/aromatic N) is 8. The predicted molar refractivity (Wildman–Crippen MR) is 137 cm³/mol. The Morgan fingerprint density at radius 3 is 2.60 bits per heavy atom. The average Bonchev–Trinajstić information content (AvgIpc) is 3.35. The first-order valence-electron chi connectivity index (χ1n) is 13.2. The molecule has 2 aliphatic heterocycles. The zero-order chi connectivity index (χ0) is 23.6. The first-order valence-corrected chi connectivity index (χ1v) is 13.2. The summed E-state index contributed by atoms with van der Waals surface area (Å²) in [5, 5.41) is 12.9. The molecule has 6 rings (SSSR count). The van der Waals surface area contributed by atoms with Gasteiger partial charge in [-0.25, -0.2) is 9.97 Å². The topological polar surface area (TPSA) is 87.9 Å². The quantitative estimate of drug-likeness (QED) is 0.533. The third-order valence-corrected chi connectivity index (χ3v) is 7.60. The number of hydrogen-bond donors (Lipinski definition) is 1. The number of hydrogen-bond acceptors (Lipinski definition) is 8. The third kappa shape index (κ3) is 5.15. The molecule has 1 aliphatic carbocycles. The molecule has 2 unspecified atom stereocenters. The van der Waals surface area contributed by atoms with Crippen LogP contribution in [0.1, 0.15) is 57.2 Å². The second-order valence-electron chi connectivity index (χ2n) is 10.3. The van der Waals surface area contributed by atoms with E-state index in [-0.39, 0.29) is 6.04 Å². The Morgan fingerprint density at radius 2 is 1.80 bits per heavy atom. The maximum atomic E-state index is 4.81. The third-order valence-electron chi connectivity index (χ3n) is 7.60. The largest absolute Gasteiger partial charge is 0.355 e. The maximum absolute atomic E-state index is 4.81. The SMILES string of the molecule is CC(c1ccc(N2CCCC(NCC3CC3)C2)nn1)n1cnc(-c2cncc(N3CCCC3)n2)c1. The molecule has 3 aromatic heterocycles. The van der Waals surface area contributed by atoms with Gasteiger partial charge < -0.3 is 19.7 Å². The van der Waals surface area contributed by atoms with Gasteiger partial charge >= 0.3 is 0 Å². The summed E-state index contributed by atoms with van der Waals surface area (Å²) in [4.78, 5) is 18.5. The van der Waals surface area contributed by atoms with Crippen molar-refractivity contribution in [2.75, 3.05) is 42.5 Å². The summed E-state index contributed by atoms with van der Waals surface area (Å²) in [5.74, 6) is 2.82. The van der Waals surface area contributed by atoms with Crippen LogP contribution in [0.25, 0.3) is 11.4 Å². The van der Waals surface area contributed by atoms with E-state index >= 15 is 0 Å². The molecule has 0 spiro atoms. The molecule has 2 saturated heterocycles. The van der Waals surface area contributed by atoms with Crippen LogP contribution in [0.2, 0.25) is 0 Å². The lowest BCUT2D eigenvalue weighted by Crippen LogP contribution is -2.46. The molecule has 184 valence electrons. The fourth-order valence-electron chi connectivity index (χ4n) is 5.15. The fourth-order valence-corrected chi connectivity index (χ4v) is 5.15. The minimum atomic E-state index is 0.0295. The van der Waals surface area contributed by atoms with Crippen LogP contribution in [0.15, 0.2) is 37.1 Å². The van der Waals surface area contributed by atoms with Crippen molar-refractivity contribution >= 4 is 11.6 Å². The molecule has 0 amide bonds. The smallest absolute Gasteiger partial charge is 0.151 e. The van der Waals surface area contributed by atoms with Gasteiger partial charge in [0.2, 0.25) is 0 Å². The van der Waals surface area contributed by atoms with Crippen molar-refractivity contribution in [3.8, 4) is 11.4 Å². The lowest BCUT2D eigenvalue weighted by atomic mass is 10.1. The molecule has 2 atom stereocenters. The van der Waals surface area contributed by atoms with Crippen LogP contribution in [0.4, 0.5) is 11.6 Å². The summed E-state index contributed by atoms with van der Waals surface area (Å²) in [6.45, 7) is 7.45.